The molecule has 0 unspecified atom stereocenters. The maximum Gasteiger partial charge on any atom is 0.387 e. The summed E-state index contributed by atoms with van der Waals surface area (Å²) in [5.74, 6) is 0.897. The molecule has 1 aromatic heterocycles. The summed E-state index contributed by atoms with van der Waals surface area (Å²) >= 11 is 0. The van der Waals surface area contributed by atoms with Gasteiger partial charge in [0.1, 0.15) is 17.1 Å². The predicted molar refractivity (Wildman–Crippen MR) is 65.9 cm³/mol. The van der Waals surface area contributed by atoms with E-state index in [-0.39, 0.29) is 5.75 Å². The van der Waals surface area contributed by atoms with E-state index in [1.807, 2.05) is 20.9 Å². The lowest BCUT2D eigenvalue weighted by Crippen LogP contribution is -2.06. The van der Waals surface area contributed by atoms with Crippen molar-refractivity contribution in [3.8, 4) is 5.75 Å². The molecule has 0 aliphatic rings. The summed E-state index contributed by atoms with van der Waals surface area (Å²) < 4.78 is 31.1. The lowest BCUT2D eigenvalue weighted by Gasteiger charge is -2.12. The number of alkyl halides is 2. The van der Waals surface area contributed by atoms with Crippen LogP contribution in [0.2, 0.25) is 0 Å². The summed E-state index contributed by atoms with van der Waals surface area (Å²) in [4.78, 5) is 4.34. The zero-order valence-corrected chi connectivity index (χ0v) is 10.5. The summed E-state index contributed by atoms with van der Waals surface area (Å²) in [6.07, 6.45) is 0.513. The number of hydrogen-bond donors (Lipinski definition) is 1. The number of hydrogen-bond acceptors (Lipinski definition) is 3. The second-order valence-electron chi connectivity index (χ2n) is 4.08. The first-order valence-corrected chi connectivity index (χ1v) is 5.64. The van der Waals surface area contributed by atoms with Crippen LogP contribution in [-0.2, 0) is 13.5 Å². The Bertz CT molecular complexity index is 593. The van der Waals surface area contributed by atoms with E-state index in [4.69, 9.17) is 5.73 Å². The number of aryl methyl sites for hydroxylation is 2. The van der Waals surface area contributed by atoms with Gasteiger partial charge in [-0.2, -0.15) is 8.78 Å². The number of aromatic nitrogens is 2. The Morgan fingerprint density at radius 2 is 2.17 bits per heavy atom. The van der Waals surface area contributed by atoms with Crippen LogP contribution in [0.1, 0.15) is 18.3 Å². The molecule has 4 nitrogen and oxygen atoms in total. The molecule has 0 spiro atoms. The number of imidazole rings is 1. The first-order valence-electron chi connectivity index (χ1n) is 5.64. The van der Waals surface area contributed by atoms with Gasteiger partial charge in [0.05, 0.1) is 11.2 Å². The molecule has 2 N–H and O–H groups in total. The van der Waals surface area contributed by atoms with E-state index in [9.17, 15) is 8.78 Å². The molecule has 0 saturated carbocycles. The molecule has 0 bridgehead atoms. The third-order valence-corrected chi connectivity index (χ3v) is 3.08. The minimum Gasteiger partial charge on any atom is -0.434 e. The topological polar surface area (TPSA) is 53.1 Å². The van der Waals surface area contributed by atoms with Crippen LogP contribution in [0.3, 0.4) is 0 Å². The molecule has 0 atom stereocenters. The van der Waals surface area contributed by atoms with Crippen LogP contribution >= 0.6 is 0 Å². The van der Waals surface area contributed by atoms with Crippen molar-refractivity contribution in [3.63, 3.8) is 0 Å². The van der Waals surface area contributed by atoms with Gasteiger partial charge in [-0.25, -0.2) is 4.98 Å². The second kappa shape index (κ2) is 4.44. The molecule has 0 radical (unpaired) electrons. The van der Waals surface area contributed by atoms with Crippen molar-refractivity contribution in [2.75, 3.05) is 5.73 Å². The van der Waals surface area contributed by atoms with Crippen molar-refractivity contribution in [1.29, 1.82) is 0 Å². The molecule has 2 rings (SSSR count). The van der Waals surface area contributed by atoms with Gasteiger partial charge >= 0.3 is 6.61 Å². The van der Waals surface area contributed by atoms with Gasteiger partial charge in [-0.1, -0.05) is 6.92 Å². The summed E-state index contributed by atoms with van der Waals surface area (Å²) in [6, 6.07) is 1.57. The summed E-state index contributed by atoms with van der Waals surface area (Å²) in [6.45, 7) is 0.811. The van der Waals surface area contributed by atoms with E-state index in [2.05, 4.69) is 9.72 Å². The van der Waals surface area contributed by atoms with E-state index in [0.29, 0.717) is 28.7 Å². The van der Waals surface area contributed by atoms with Crippen molar-refractivity contribution < 1.29 is 13.5 Å². The van der Waals surface area contributed by atoms with Gasteiger partial charge in [0.25, 0.3) is 0 Å². The van der Waals surface area contributed by atoms with Crippen LogP contribution in [0.5, 0.6) is 5.75 Å². The highest BCUT2D eigenvalue weighted by Crippen LogP contribution is 2.34. The number of halogens is 2. The Hall–Kier alpha value is -1.85. The smallest absolute Gasteiger partial charge is 0.387 e. The molecule has 0 saturated heterocycles. The molecule has 0 fully saturated rings. The molecule has 1 heterocycles. The Balaban J connectivity index is 2.73. The van der Waals surface area contributed by atoms with Gasteiger partial charge in [0, 0.05) is 18.7 Å². The van der Waals surface area contributed by atoms with Crippen molar-refractivity contribution >= 4 is 16.7 Å². The van der Waals surface area contributed by atoms with Gasteiger partial charge in [-0.3, -0.25) is 0 Å². The number of nitrogens with zero attached hydrogens (tertiary/aromatic N) is 2. The zero-order valence-electron chi connectivity index (χ0n) is 10.5. The van der Waals surface area contributed by atoms with Gasteiger partial charge in [0.15, 0.2) is 0 Å². The number of nitrogen functional groups attached to an aromatic ring is 1. The van der Waals surface area contributed by atoms with Gasteiger partial charge in [-0.05, 0) is 13.3 Å². The number of anilines is 1. The predicted octanol–water partition coefficient (Wildman–Crippen LogP) is 2.63. The zero-order chi connectivity index (χ0) is 13.4. The average Bonchev–Trinajstić information content (AvgIpc) is 2.57. The maximum atomic E-state index is 12.4. The monoisotopic (exact) mass is 255 g/mol. The highest BCUT2D eigenvalue weighted by molar-refractivity contribution is 5.91. The Morgan fingerprint density at radius 3 is 2.72 bits per heavy atom. The number of fused-ring (bicyclic) bond motifs is 1. The molecule has 0 amide bonds. The lowest BCUT2D eigenvalue weighted by molar-refractivity contribution is -0.0502. The maximum absolute atomic E-state index is 12.4. The summed E-state index contributed by atoms with van der Waals surface area (Å²) in [7, 11) is 1.81. The highest BCUT2D eigenvalue weighted by Gasteiger charge is 2.17. The SMILES string of the molecule is CCc1c(OC(F)F)cc2c(nc(C)n2C)c1N. The number of benzene rings is 1. The largest absolute Gasteiger partial charge is 0.434 e. The van der Waals surface area contributed by atoms with Crippen LogP contribution in [0.4, 0.5) is 14.5 Å². The molecule has 18 heavy (non-hydrogen) atoms. The van der Waals surface area contributed by atoms with Crippen molar-refractivity contribution in [2.45, 2.75) is 26.9 Å². The number of rotatable bonds is 3. The first kappa shape index (κ1) is 12.6. The molecule has 6 heteroatoms. The van der Waals surface area contributed by atoms with Gasteiger partial charge < -0.3 is 15.0 Å². The van der Waals surface area contributed by atoms with Crippen LogP contribution < -0.4 is 10.5 Å². The third-order valence-electron chi connectivity index (χ3n) is 3.08. The third kappa shape index (κ3) is 1.87. The number of ether oxygens (including phenoxy) is 1. The van der Waals surface area contributed by atoms with Crippen LogP contribution in [0, 0.1) is 6.92 Å². The minimum atomic E-state index is -2.86. The van der Waals surface area contributed by atoms with Crippen LogP contribution in [0.15, 0.2) is 6.07 Å². The molecule has 98 valence electrons. The molecular weight excluding hydrogens is 240 g/mol. The fourth-order valence-electron chi connectivity index (χ4n) is 2.04. The van der Waals surface area contributed by atoms with Crippen molar-refractivity contribution in [1.82, 2.24) is 9.55 Å². The van der Waals surface area contributed by atoms with Gasteiger partial charge in [0.2, 0.25) is 0 Å². The normalized spacial score (nSPS) is 11.4. The van der Waals surface area contributed by atoms with Crippen LogP contribution in [-0.4, -0.2) is 16.2 Å². The second-order valence-corrected chi connectivity index (χ2v) is 4.08. The van der Waals surface area contributed by atoms with Crippen molar-refractivity contribution in [3.05, 3.63) is 17.5 Å². The van der Waals surface area contributed by atoms with Gasteiger partial charge in [-0.15, -0.1) is 0 Å². The summed E-state index contributed by atoms with van der Waals surface area (Å²) in [5, 5.41) is 0. The van der Waals surface area contributed by atoms with E-state index in [0.717, 1.165) is 5.82 Å². The average molecular weight is 255 g/mol. The van der Waals surface area contributed by atoms with E-state index < -0.39 is 6.61 Å². The van der Waals surface area contributed by atoms with E-state index in [1.165, 1.54) is 0 Å². The quantitative estimate of drug-likeness (QED) is 0.858. The Kier molecular flexibility index (Phi) is 3.11. The molecule has 0 aliphatic heterocycles. The van der Waals surface area contributed by atoms with E-state index in [1.54, 1.807) is 10.6 Å². The fraction of sp³-hybridized carbons (Fsp3) is 0.417. The molecule has 1 aromatic carbocycles. The standard InChI is InChI=1S/C12H15F2N3O/c1-4-7-9(18-12(13)14)5-8-11(10(7)15)16-6(2)17(8)3/h5,12H,4,15H2,1-3H3. The number of nitrogens with two attached hydrogens (primary N) is 1. The molecular formula is C12H15F2N3O. The Labute approximate surface area is 103 Å². The fourth-order valence-corrected chi connectivity index (χ4v) is 2.04. The molecule has 2 aromatic rings. The Morgan fingerprint density at radius 1 is 1.50 bits per heavy atom. The lowest BCUT2D eigenvalue weighted by atomic mass is 10.1. The highest BCUT2D eigenvalue weighted by atomic mass is 19.3. The van der Waals surface area contributed by atoms with Crippen LogP contribution in [0.25, 0.3) is 11.0 Å². The molecule has 0 aliphatic carbocycles. The summed E-state index contributed by atoms with van der Waals surface area (Å²) in [5.41, 5.74) is 8.29. The van der Waals surface area contributed by atoms with Crippen molar-refractivity contribution in [2.24, 2.45) is 7.05 Å². The first-order chi connectivity index (χ1) is 8.45. The van der Waals surface area contributed by atoms with E-state index >= 15 is 0 Å². The minimum absolute atomic E-state index is 0.125.